The van der Waals surface area contributed by atoms with Crippen LogP contribution in [0.15, 0.2) is 102 Å². The monoisotopic (exact) mass is 501 g/mol. The number of carbonyl (C=O) groups is 2. The number of nitrogens with zero attached hydrogens (tertiary/aromatic N) is 3. The highest BCUT2D eigenvalue weighted by atomic mass is 32.2. The van der Waals surface area contributed by atoms with Gasteiger partial charge in [0, 0.05) is 0 Å². The Bertz CT molecular complexity index is 1490. The van der Waals surface area contributed by atoms with E-state index in [2.05, 4.69) is 9.97 Å². The van der Waals surface area contributed by atoms with Crippen molar-refractivity contribution >= 4 is 63.2 Å². The molecule has 0 spiro atoms. The summed E-state index contributed by atoms with van der Waals surface area (Å²) in [6.07, 6.45) is 0. The number of hydrogen-bond acceptors (Lipinski definition) is 9. The summed E-state index contributed by atoms with van der Waals surface area (Å²) >= 11 is 1.99. The summed E-state index contributed by atoms with van der Waals surface area (Å²) in [5.74, 6) is -0.621. The Kier molecular flexibility index (Phi) is 5.31. The van der Waals surface area contributed by atoms with Crippen LogP contribution in [-0.2, 0) is 9.59 Å². The number of amides is 2. The Morgan fingerprint density at radius 2 is 1.20 bits per heavy atom. The first-order valence-electron chi connectivity index (χ1n) is 10.5. The van der Waals surface area contributed by atoms with Gasteiger partial charge in [-0.3, -0.25) is 9.59 Å². The van der Waals surface area contributed by atoms with Crippen LogP contribution in [0.25, 0.3) is 22.2 Å². The molecule has 0 unspecified atom stereocenters. The second-order valence-corrected chi connectivity index (χ2v) is 9.30. The van der Waals surface area contributed by atoms with Gasteiger partial charge in [0.25, 0.3) is 22.3 Å². The number of anilines is 1. The summed E-state index contributed by atoms with van der Waals surface area (Å²) in [6.45, 7) is 0. The summed E-state index contributed by atoms with van der Waals surface area (Å²) < 4.78 is 17.0. The highest BCUT2D eigenvalue weighted by Gasteiger charge is 2.43. The molecule has 0 radical (unpaired) electrons. The number of rotatable bonds is 6. The summed E-state index contributed by atoms with van der Waals surface area (Å²) in [4.78, 5) is 37.6. The predicted octanol–water partition coefficient (Wildman–Crippen LogP) is 5.65. The van der Waals surface area contributed by atoms with E-state index < -0.39 is 11.8 Å². The van der Waals surface area contributed by atoms with Crippen molar-refractivity contribution < 1.29 is 23.2 Å². The molecule has 1 aliphatic rings. The summed E-state index contributed by atoms with van der Waals surface area (Å²) in [5.41, 5.74) is 2.82. The third-order valence-electron chi connectivity index (χ3n) is 5.25. The molecule has 0 aliphatic carbocycles. The maximum atomic E-state index is 13.6. The van der Waals surface area contributed by atoms with Crippen molar-refractivity contribution in [2.24, 2.45) is 0 Å². The van der Waals surface area contributed by atoms with Gasteiger partial charge in [-0.15, -0.1) is 0 Å². The number of hydrogen-bond donors (Lipinski definition) is 0. The second kappa shape index (κ2) is 8.64. The molecule has 10 heteroatoms. The van der Waals surface area contributed by atoms with Crippen LogP contribution in [0, 0.1) is 0 Å². The number of imide groups is 1. The third-order valence-corrected chi connectivity index (χ3v) is 7.25. The molecule has 0 N–H and O–H groups in total. The molecule has 2 aromatic heterocycles. The van der Waals surface area contributed by atoms with Gasteiger partial charge in [0.2, 0.25) is 0 Å². The number of thioether (sulfide) groups is 2. The molecular formula is C25H15N3O5S2. The first-order chi connectivity index (χ1) is 17.1. The normalized spacial score (nSPS) is 14.0. The lowest BCUT2D eigenvalue weighted by Crippen LogP contribution is -2.31. The SMILES string of the molecule is COc1ccccc1N1C(=O)C(Sc2nc3ccccc3o2)=C(Sc2nc3ccccc3o2)C1=O. The number of methoxy groups -OCH3 is 1. The van der Waals surface area contributed by atoms with Crippen LogP contribution in [0.1, 0.15) is 0 Å². The fourth-order valence-corrected chi connectivity index (χ4v) is 5.53. The molecule has 3 aromatic carbocycles. The van der Waals surface area contributed by atoms with Crippen LogP contribution in [0.2, 0.25) is 0 Å². The van der Waals surface area contributed by atoms with Crippen LogP contribution < -0.4 is 9.64 Å². The molecule has 0 atom stereocenters. The molecule has 35 heavy (non-hydrogen) atoms. The number of benzene rings is 3. The Morgan fingerprint density at radius 3 is 1.71 bits per heavy atom. The van der Waals surface area contributed by atoms with E-state index in [1.165, 1.54) is 7.11 Å². The van der Waals surface area contributed by atoms with Crippen LogP contribution in [0.5, 0.6) is 5.75 Å². The predicted molar refractivity (Wildman–Crippen MR) is 132 cm³/mol. The molecule has 0 saturated heterocycles. The van der Waals surface area contributed by atoms with E-state index >= 15 is 0 Å². The molecule has 8 nitrogen and oxygen atoms in total. The first-order valence-corrected chi connectivity index (χ1v) is 12.1. The van der Waals surface area contributed by atoms with Gasteiger partial charge in [-0.05, 0) is 59.9 Å². The van der Waals surface area contributed by atoms with Crippen molar-refractivity contribution in [2.75, 3.05) is 12.0 Å². The first kappa shape index (κ1) is 21.5. The van der Waals surface area contributed by atoms with Crippen molar-refractivity contribution in [1.82, 2.24) is 9.97 Å². The Balaban J connectivity index is 1.44. The number of oxazole rings is 2. The molecule has 3 heterocycles. The van der Waals surface area contributed by atoms with Crippen molar-refractivity contribution in [2.45, 2.75) is 10.4 Å². The smallest absolute Gasteiger partial charge is 0.273 e. The molecule has 0 bridgehead atoms. The minimum Gasteiger partial charge on any atom is -0.495 e. The van der Waals surface area contributed by atoms with Gasteiger partial charge >= 0.3 is 0 Å². The van der Waals surface area contributed by atoms with Crippen molar-refractivity contribution in [3.8, 4) is 5.75 Å². The summed E-state index contributed by atoms with van der Waals surface area (Å²) in [6, 6.07) is 21.4. The van der Waals surface area contributed by atoms with Gasteiger partial charge in [0.05, 0.1) is 12.8 Å². The zero-order valence-corrected chi connectivity index (χ0v) is 19.8. The summed E-state index contributed by atoms with van der Waals surface area (Å²) in [5, 5.41) is 0.500. The van der Waals surface area contributed by atoms with E-state index in [4.69, 9.17) is 13.6 Å². The van der Waals surface area contributed by atoms with E-state index in [1.807, 2.05) is 36.4 Å². The van der Waals surface area contributed by atoms with Gasteiger partial charge in [-0.25, -0.2) is 14.9 Å². The van der Waals surface area contributed by atoms with E-state index in [-0.39, 0.29) is 20.3 Å². The van der Waals surface area contributed by atoms with Gasteiger partial charge in [-0.2, -0.15) is 0 Å². The zero-order chi connectivity index (χ0) is 23.9. The number of para-hydroxylation sites is 6. The van der Waals surface area contributed by atoms with Gasteiger partial charge in [-0.1, -0.05) is 36.4 Å². The molecule has 172 valence electrons. The van der Waals surface area contributed by atoms with Gasteiger partial charge in [0.15, 0.2) is 11.2 Å². The maximum absolute atomic E-state index is 13.6. The molecule has 1 aliphatic heterocycles. The summed E-state index contributed by atoms with van der Waals surface area (Å²) in [7, 11) is 1.49. The lowest BCUT2D eigenvalue weighted by atomic mass is 10.2. The van der Waals surface area contributed by atoms with Crippen molar-refractivity contribution in [1.29, 1.82) is 0 Å². The van der Waals surface area contributed by atoms with Gasteiger partial charge in [0.1, 0.15) is 26.6 Å². The fraction of sp³-hybridized carbons (Fsp3) is 0.0400. The molecule has 2 amide bonds. The number of carbonyl (C=O) groups excluding carboxylic acids is 2. The zero-order valence-electron chi connectivity index (χ0n) is 18.1. The lowest BCUT2D eigenvalue weighted by molar-refractivity contribution is -0.120. The van der Waals surface area contributed by atoms with E-state index in [1.54, 1.807) is 36.4 Å². The lowest BCUT2D eigenvalue weighted by Gasteiger charge is -2.17. The van der Waals surface area contributed by atoms with Gasteiger partial charge < -0.3 is 13.6 Å². The van der Waals surface area contributed by atoms with Crippen LogP contribution in [0.4, 0.5) is 5.69 Å². The Labute approximate surface area is 207 Å². The number of ether oxygens (including phenoxy) is 1. The van der Waals surface area contributed by atoms with Crippen LogP contribution in [0.3, 0.4) is 0 Å². The second-order valence-electron chi connectivity index (χ2n) is 7.37. The average molecular weight is 502 g/mol. The quantitative estimate of drug-likeness (QED) is 0.273. The average Bonchev–Trinajstić information content (AvgIpc) is 3.54. The topological polar surface area (TPSA) is 98.7 Å². The molecular weight excluding hydrogens is 486 g/mol. The Hall–Kier alpha value is -4.02. The van der Waals surface area contributed by atoms with Crippen molar-refractivity contribution in [3.63, 3.8) is 0 Å². The van der Waals surface area contributed by atoms with Crippen molar-refractivity contribution in [3.05, 3.63) is 82.6 Å². The minimum absolute atomic E-state index is 0.166. The van der Waals surface area contributed by atoms with Crippen LogP contribution >= 0.6 is 23.5 Å². The number of fused-ring (bicyclic) bond motifs is 2. The van der Waals surface area contributed by atoms with E-state index in [0.29, 0.717) is 33.6 Å². The maximum Gasteiger partial charge on any atom is 0.273 e. The Morgan fingerprint density at radius 1 is 0.714 bits per heavy atom. The standard InChI is InChI=1S/C25H15N3O5S2/c1-31-19-13-7-4-10-16(19)28-22(29)20(34-24-26-14-8-2-5-11-17(14)32-24)21(23(28)30)35-25-27-15-9-3-6-12-18(15)33-25/h2-13H,1H3. The highest BCUT2D eigenvalue weighted by molar-refractivity contribution is 8.08. The minimum atomic E-state index is -0.509. The molecule has 0 fully saturated rings. The third kappa shape index (κ3) is 3.76. The van der Waals surface area contributed by atoms with E-state index in [9.17, 15) is 9.59 Å². The van der Waals surface area contributed by atoms with E-state index in [0.717, 1.165) is 28.4 Å². The highest BCUT2D eigenvalue weighted by Crippen LogP contribution is 2.45. The fourth-order valence-electron chi connectivity index (χ4n) is 3.67. The largest absolute Gasteiger partial charge is 0.495 e. The number of aromatic nitrogens is 2. The van der Waals surface area contributed by atoms with Crippen LogP contribution in [-0.4, -0.2) is 28.9 Å². The molecule has 0 saturated carbocycles. The molecule has 5 aromatic rings. The molecule has 6 rings (SSSR count).